The quantitative estimate of drug-likeness (QED) is 0.153. The van der Waals surface area contributed by atoms with Crippen molar-refractivity contribution in [2.45, 2.75) is 117 Å². The summed E-state index contributed by atoms with van der Waals surface area (Å²) in [7, 11) is 0. The van der Waals surface area contributed by atoms with Crippen LogP contribution in [0, 0.1) is 0 Å². The molecule has 0 aromatic rings. The molecule has 0 saturated carbocycles. The summed E-state index contributed by atoms with van der Waals surface area (Å²) < 4.78 is 1.10. The van der Waals surface area contributed by atoms with E-state index in [-0.39, 0.29) is 18.2 Å². The largest absolute Gasteiger partial charge is 1.00 e. The first-order valence-electron chi connectivity index (χ1n) is 12.1. The van der Waals surface area contributed by atoms with Crippen molar-refractivity contribution in [1.82, 2.24) is 0 Å². The molecule has 0 rings (SSSR count). The third kappa shape index (κ3) is 16.6. The summed E-state index contributed by atoms with van der Waals surface area (Å²) >= 11 is 0. The lowest BCUT2D eigenvalue weighted by molar-refractivity contribution is -0.924. The van der Waals surface area contributed by atoms with Crippen molar-refractivity contribution in [1.29, 1.82) is 0 Å². The van der Waals surface area contributed by atoms with Gasteiger partial charge in [-0.1, -0.05) is 90.6 Å². The van der Waals surface area contributed by atoms with Crippen LogP contribution in [0.5, 0.6) is 0 Å². The van der Waals surface area contributed by atoms with Gasteiger partial charge in [0.15, 0.2) is 5.78 Å². The summed E-state index contributed by atoms with van der Waals surface area (Å²) in [5.74, 6) is 0.195. The molecule has 0 atom stereocenters. The Morgan fingerprint density at radius 2 is 1.07 bits per heavy atom. The molecule has 168 valence electrons. The van der Waals surface area contributed by atoms with E-state index in [9.17, 15) is 4.79 Å². The Balaban J connectivity index is 0. The number of rotatable bonds is 21. The molecule has 0 saturated heterocycles. The van der Waals surface area contributed by atoms with E-state index >= 15 is 0 Å². The van der Waals surface area contributed by atoms with Gasteiger partial charge in [-0.25, -0.2) is 0 Å². The lowest BCUT2D eigenvalue weighted by atomic mass is 10.0. The Bertz CT molecular complexity index is 352. The van der Waals surface area contributed by atoms with Crippen molar-refractivity contribution in [2.75, 3.05) is 26.2 Å². The fourth-order valence-electron chi connectivity index (χ4n) is 4.06. The zero-order valence-corrected chi connectivity index (χ0v) is 20.2. The molecule has 0 amide bonds. The van der Waals surface area contributed by atoms with E-state index in [1.54, 1.807) is 0 Å². The normalized spacial score (nSPS) is 11.2. The minimum atomic E-state index is 0. The summed E-state index contributed by atoms with van der Waals surface area (Å²) in [5.41, 5.74) is 0. The van der Waals surface area contributed by atoms with Gasteiger partial charge < -0.3 is 16.9 Å². The molecule has 0 bridgehead atoms. The number of unbranched alkanes of at least 4 members (excludes halogenated alkanes) is 13. The van der Waals surface area contributed by atoms with Crippen molar-refractivity contribution in [3.63, 3.8) is 0 Å². The Morgan fingerprint density at radius 1 is 0.679 bits per heavy atom. The first-order chi connectivity index (χ1) is 13.1. The zero-order valence-electron chi connectivity index (χ0n) is 19.5. The number of hydrogen-bond donors (Lipinski definition) is 0. The highest BCUT2D eigenvalue weighted by molar-refractivity contribution is 5.89. The van der Waals surface area contributed by atoms with E-state index < -0.39 is 0 Å². The van der Waals surface area contributed by atoms with Crippen molar-refractivity contribution >= 4 is 5.78 Å². The van der Waals surface area contributed by atoms with Crippen LogP contribution in [-0.2, 0) is 4.79 Å². The van der Waals surface area contributed by atoms with Crippen LogP contribution >= 0.6 is 0 Å². The van der Waals surface area contributed by atoms with Crippen LogP contribution in [0.25, 0.3) is 0 Å². The second-order valence-electron chi connectivity index (χ2n) is 8.44. The average Bonchev–Trinajstić information content (AvgIpc) is 2.70. The summed E-state index contributed by atoms with van der Waals surface area (Å²) in [5, 5.41) is 0. The van der Waals surface area contributed by atoms with Crippen LogP contribution in [0.1, 0.15) is 117 Å². The van der Waals surface area contributed by atoms with Gasteiger partial charge in [0.1, 0.15) is 0 Å². The van der Waals surface area contributed by atoms with E-state index in [4.69, 9.17) is 0 Å². The molecule has 0 aromatic heterocycles. The third-order valence-corrected chi connectivity index (χ3v) is 6.39. The van der Waals surface area contributed by atoms with Gasteiger partial charge in [0, 0.05) is 0 Å². The molecular weight excluding hydrogens is 366 g/mol. The van der Waals surface area contributed by atoms with E-state index in [1.165, 1.54) is 103 Å². The number of hydrogen-bond acceptors (Lipinski definition) is 1. The maximum Gasteiger partial charge on any atom is 0.160 e. The molecule has 0 aliphatic carbocycles. The fraction of sp³-hybridized carbons (Fsp3) is 0.880. The van der Waals surface area contributed by atoms with E-state index in [0.29, 0.717) is 6.42 Å². The van der Waals surface area contributed by atoms with Crippen LogP contribution < -0.4 is 12.4 Å². The van der Waals surface area contributed by atoms with Crippen LogP contribution in [0.3, 0.4) is 0 Å². The number of halogens is 1. The molecule has 0 aliphatic heterocycles. The Hall–Kier alpha value is -0.340. The monoisotopic (exact) mass is 415 g/mol. The highest BCUT2D eigenvalue weighted by atomic mass is 35.5. The molecule has 0 heterocycles. The number of carbonyl (C=O) groups excluding carboxylic acids is 1. The third-order valence-electron chi connectivity index (χ3n) is 6.39. The minimum Gasteiger partial charge on any atom is -1.00 e. The maximum atomic E-state index is 11.6. The first-order valence-corrected chi connectivity index (χ1v) is 12.1. The molecule has 3 heteroatoms. The van der Waals surface area contributed by atoms with Crippen LogP contribution in [0.4, 0.5) is 0 Å². The fourth-order valence-corrected chi connectivity index (χ4v) is 4.06. The second-order valence-corrected chi connectivity index (χ2v) is 8.44. The van der Waals surface area contributed by atoms with Gasteiger partial charge in [0.25, 0.3) is 0 Å². The van der Waals surface area contributed by atoms with Gasteiger partial charge in [0.05, 0.1) is 32.6 Å². The highest BCUT2D eigenvalue weighted by Gasteiger charge is 2.22. The predicted molar refractivity (Wildman–Crippen MR) is 121 cm³/mol. The van der Waals surface area contributed by atoms with Gasteiger partial charge in [-0.3, -0.25) is 4.79 Å². The SMILES string of the molecule is C=CC(=O)CC[N+](CC)(CC)CCCCCCCCCCCCCCCC.[Cl-]. The Morgan fingerprint density at radius 3 is 1.43 bits per heavy atom. The highest BCUT2D eigenvalue weighted by Crippen LogP contribution is 2.15. The van der Waals surface area contributed by atoms with E-state index in [0.717, 1.165) is 24.1 Å². The molecule has 0 spiro atoms. The van der Waals surface area contributed by atoms with Crippen molar-refractivity contribution in [2.24, 2.45) is 0 Å². The summed E-state index contributed by atoms with van der Waals surface area (Å²) in [6.07, 6.45) is 21.9. The number of allylic oxidation sites excluding steroid dienone is 1. The smallest absolute Gasteiger partial charge is 0.160 e. The molecule has 0 unspecified atom stereocenters. The van der Waals surface area contributed by atoms with Crippen LogP contribution in [0.2, 0.25) is 0 Å². The Labute approximate surface area is 183 Å². The standard InChI is InChI=1S/C25H50NO.ClH/c1-5-9-10-11-12-13-14-15-16-17-18-19-20-21-23-26(7-3,8-4)24-22-25(27)6-2;/h6H,2,5,7-24H2,1,3-4H3;1H/q+1;/p-1. The molecule has 28 heavy (non-hydrogen) atoms. The van der Waals surface area contributed by atoms with Crippen LogP contribution in [0.15, 0.2) is 12.7 Å². The molecular formula is C25H50ClNO. The molecule has 0 fully saturated rings. The number of ketones is 1. The Kier molecular flexibility index (Phi) is 22.8. The van der Waals surface area contributed by atoms with Gasteiger partial charge in [-0.2, -0.15) is 0 Å². The summed E-state index contributed by atoms with van der Waals surface area (Å²) in [4.78, 5) is 11.6. The predicted octanol–water partition coefficient (Wildman–Crippen LogP) is 4.47. The van der Waals surface area contributed by atoms with Gasteiger partial charge in [-0.05, 0) is 32.8 Å². The zero-order chi connectivity index (χ0) is 20.2. The molecule has 0 radical (unpaired) electrons. The lowest BCUT2D eigenvalue weighted by Gasteiger charge is -2.37. The minimum absolute atomic E-state index is 0. The first kappa shape index (κ1) is 29.9. The van der Waals surface area contributed by atoms with Crippen molar-refractivity contribution < 1.29 is 21.7 Å². The molecule has 0 aromatic carbocycles. The van der Waals surface area contributed by atoms with Gasteiger partial charge >= 0.3 is 0 Å². The topological polar surface area (TPSA) is 17.1 Å². The lowest BCUT2D eigenvalue weighted by Crippen LogP contribution is -3.00. The average molecular weight is 416 g/mol. The number of nitrogens with zero attached hydrogens (tertiary/aromatic N) is 1. The molecule has 0 N–H and O–H groups in total. The number of carbonyl (C=O) groups is 1. The van der Waals surface area contributed by atoms with Crippen molar-refractivity contribution in [3.8, 4) is 0 Å². The van der Waals surface area contributed by atoms with Gasteiger partial charge in [-0.15, -0.1) is 0 Å². The second kappa shape index (κ2) is 21.4. The van der Waals surface area contributed by atoms with E-state index in [2.05, 4.69) is 27.4 Å². The van der Waals surface area contributed by atoms with E-state index in [1.807, 2.05) is 0 Å². The molecule has 2 nitrogen and oxygen atoms in total. The van der Waals surface area contributed by atoms with Crippen LogP contribution in [-0.4, -0.2) is 36.4 Å². The summed E-state index contributed by atoms with van der Waals surface area (Å²) in [6, 6.07) is 0. The number of quaternary nitrogens is 1. The summed E-state index contributed by atoms with van der Waals surface area (Å²) in [6.45, 7) is 14.9. The molecule has 0 aliphatic rings. The maximum absolute atomic E-state index is 11.6. The van der Waals surface area contributed by atoms with Crippen molar-refractivity contribution in [3.05, 3.63) is 12.7 Å². The van der Waals surface area contributed by atoms with Gasteiger partial charge in [0.2, 0.25) is 0 Å².